The van der Waals surface area contributed by atoms with Crippen LogP contribution in [0, 0.1) is 6.92 Å². The third-order valence-electron chi connectivity index (χ3n) is 4.84. The lowest BCUT2D eigenvalue weighted by atomic mass is 10.1. The van der Waals surface area contributed by atoms with E-state index in [0.717, 1.165) is 22.2 Å². The molecular formula is C22H17ClN6O. The number of rotatable bonds is 4. The minimum absolute atomic E-state index is 0.242. The van der Waals surface area contributed by atoms with Crippen molar-refractivity contribution in [3.05, 3.63) is 89.2 Å². The zero-order valence-corrected chi connectivity index (χ0v) is 16.8. The van der Waals surface area contributed by atoms with Crippen molar-refractivity contribution in [3.8, 4) is 0 Å². The van der Waals surface area contributed by atoms with Crippen LogP contribution in [0.3, 0.4) is 0 Å². The smallest absolute Gasteiger partial charge is 0.257 e. The number of aryl methyl sites for hydroxylation is 1. The lowest BCUT2D eigenvalue weighted by molar-refractivity contribution is 0.102. The van der Waals surface area contributed by atoms with Gasteiger partial charge in [-0.2, -0.15) is 5.10 Å². The Morgan fingerprint density at radius 3 is 2.90 bits per heavy atom. The number of carbonyl (C=O) groups is 1. The Labute approximate surface area is 177 Å². The molecule has 1 aromatic carbocycles. The molecule has 148 valence electrons. The molecule has 4 aromatic heterocycles. The first kappa shape index (κ1) is 18.3. The number of hydrogen-bond donors (Lipinski definition) is 1. The van der Waals surface area contributed by atoms with Crippen molar-refractivity contribution in [2.24, 2.45) is 0 Å². The molecule has 0 saturated heterocycles. The number of carbonyl (C=O) groups excluding carboxylic acids is 1. The van der Waals surface area contributed by atoms with E-state index in [4.69, 9.17) is 11.6 Å². The van der Waals surface area contributed by atoms with Gasteiger partial charge in [0.15, 0.2) is 0 Å². The third-order valence-corrected chi connectivity index (χ3v) is 5.08. The number of nitrogens with zero attached hydrogens (tertiary/aromatic N) is 5. The maximum atomic E-state index is 12.8. The predicted octanol–water partition coefficient (Wildman–Crippen LogP) is 4.34. The van der Waals surface area contributed by atoms with Crippen LogP contribution >= 0.6 is 11.6 Å². The molecule has 0 radical (unpaired) electrons. The van der Waals surface area contributed by atoms with Crippen molar-refractivity contribution in [1.82, 2.24) is 24.1 Å². The Kier molecular flexibility index (Phi) is 4.44. The van der Waals surface area contributed by atoms with Crippen molar-refractivity contribution >= 4 is 39.7 Å². The topological polar surface area (TPSA) is 77.1 Å². The van der Waals surface area contributed by atoms with Gasteiger partial charge < -0.3 is 9.72 Å². The van der Waals surface area contributed by atoms with Gasteiger partial charge in [-0.15, -0.1) is 0 Å². The normalized spacial score (nSPS) is 11.3. The molecule has 8 heteroatoms. The summed E-state index contributed by atoms with van der Waals surface area (Å²) in [6, 6.07) is 13.1. The van der Waals surface area contributed by atoms with Crippen LogP contribution in [0.1, 0.15) is 21.7 Å². The summed E-state index contributed by atoms with van der Waals surface area (Å²) >= 11 is 6.07. The molecule has 1 N–H and O–H groups in total. The van der Waals surface area contributed by atoms with Crippen molar-refractivity contribution in [2.45, 2.75) is 13.5 Å². The van der Waals surface area contributed by atoms with E-state index in [1.807, 2.05) is 48.0 Å². The fraction of sp³-hybridized carbons (Fsp3) is 0.0909. The van der Waals surface area contributed by atoms with Gasteiger partial charge in [-0.1, -0.05) is 17.7 Å². The zero-order chi connectivity index (χ0) is 20.7. The fourth-order valence-corrected chi connectivity index (χ4v) is 3.60. The van der Waals surface area contributed by atoms with Crippen LogP contribution in [0.5, 0.6) is 0 Å². The number of halogens is 1. The Balaban J connectivity index is 1.35. The molecule has 4 heterocycles. The summed E-state index contributed by atoms with van der Waals surface area (Å²) in [5.41, 5.74) is 4.32. The summed E-state index contributed by atoms with van der Waals surface area (Å²) in [6.45, 7) is 2.32. The average molecular weight is 417 g/mol. The van der Waals surface area contributed by atoms with Gasteiger partial charge in [-0.25, -0.2) is 4.98 Å². The maximum Gasteiger partial charge on any atom is 0.257 e. The Hall–Kier alpha value is -3.71. The van der Waals surface area contributed by atoms with E-state index in [1.165, 1.54) is 0 Å². The number of anilines is 1. The molecule has 0 atom stereocenters. The van der Waals surface area contributed by atoms with Crippen molar-refractivity contribution in [3.63, 3.8) is 0 Å². The highest BCUT2D eigenvalue weighted by Gasteiger charge is 2.13. The highest BCUT2D eigenvalue weighted by atomic mass is 35.5. The lowest BCUT2D eigenvalue weighted by Crippen LogP contribution is -2.14. The van der Waals surface area contributed by atoms with E-state index < -0.39 is 0 Å². The quantitative estimate of drug-likeness (QED) is 0.472. The number of hydrogen-bond acceptors (Lipinski definition) is 4. The van der Waals surface area contributed by atoms with E-state index in [2.05, 4.69) is 20.4 Å². The number of nitrogens with one attached hydrogen (secondary N) is 1. The molecule has 30 heavy (non-hydrogen) atoms. The molecule has 0 spiro atoms. The molecule has 0 bridgehead atoms. The average Bonchev–Trinajstić information content (AvgIpc) is 3.33. The SMILES string of the molecule is Cc1nc2ccc(Cl)cc2cc1C(=O)Nc1cnn(Cc2cn3ccccc3n2)c1. The Bertz CT molecular complexity index is 1370. The molecule has 0 saturated carbocycles. The standard InChI is InChI=1S/C22H17ClN6O/c1-14-19(9-15-8-16(23)5-6-20(15)25-14)22(30)27-17-10-24-29(12-17)13-18-11-28-7-3-2-4-21(28)26-18/h2-12H,13H2,1H3,(H,27,30). The fourth-order valence-electron chi connectivity index (χ4n) is 3.42. The maximum absolute atomic E-state index is 12.8. The zero-order valence-electron chi connectivity index (χ0n) is 16.1. The number of imidazole rings is 1. The van der Waals surface area contributed by atoms with E-state index in [1.54, 1.807) is 35.3 Å². The van der Waals surface area contributed by atoms with Gasteiger partial charge in [-0.3, -0.25) is 14.5 Å². The highest BCUT2D eigenvalue weighted by Crippen LogP contribution is 2.21. The van der Waals surface area contributed by atoms with Gasteiger partial charge >= 0.3 is 0 Å². The largest absolute Gasteiger partial charge is 0.319 e. The molecule has 0 fully saturated rings. The van der Waals surface area contributed by atoms with Gasteiger partial charge in [0.25, 0.3) is 5.91 Å². The second kappa shape index (κ2) is 7.27. The number of benzene rings is 1. The van der Waals surface area contributed by atoms with Crippen molar-refractivity contribution in [2.75, 3.05) is 5.32 Å². The minimum Gasteiger partial charge on any atom is -0.319 e. The summed E-state index contributed by atoms with van der Waals surface area (Å²) in [7, 11) is 0. The molecule has 0 aliphatic carbocycles. The van der Waals surface area contributed by atoms with E-state index in [0.29, 0.717) is 28.5 Å². The van der Waals surface area contributed by atoms with Crippen LogP contribution in [0.4, 0.5) is 5.69 Å². The van der Waals surface area contributed by atoms with Crippen LogP contribution in [0.2, 0.25) is 5.02 Å². The predicted molar refractivity (Wildman–Crippen MR) is 116 cm³/mol. The highest BCUT2D eigenvalue weighted by molar-refractivity contribution is 6.31. The Morgan fingerprint density at radius 1 is 1.13 bits per heavy atom. The number of amides is 1. The van der Waals surface area contributed by atoms with Gasteiger partial charge in [0.1, 0.15) is 5.65 Å². The van der Waals surface area contributed by atoms with E-state index in [-0.39, 0.29) is 5.91 Å². The van der Waals surface area contributed by atoms with Crippen LogP contribution < -0.4 is 5.32 Å². The lowest BCUT2D eigenvalue weighted by Gasteiger charge is -2.08. The number of aromatic nitrogens is 5. The van der Waals surface area contributed by atoms with Crippen LogP contribution in [-0.2, 0) is 6.54 Å². The van der Waals surface area contributed by atoms with Crippen LogP contribution in [0.15, 0.2) is 67.3 Å². The summed E-state index contributed by atoms with van der Waals surface area (Å²) in [6.07, 6.45) is 7.31. The second-order valence-electron chi connectivity index (χ2n) is 7.04. The third kappa shape index (κ3) is 3.51. The molecule has 1 amide bonds. The molecule has 0 unspecified atom stereocenters. The summed E-state index contributed by atoms with van der Waals surface area (Å²) in [5, 5.41) is 8.65. The number of pyridine rings is 2. The van der Waals surface area contributed by atoms with Gasteiger partial charge in [-0.05, 0) is 43.3 Å². The molecule has 7 nitrogen and oxygen atoms in total. The summed E-state index contributed by atoms with van der Waals surface area (Å²) in [5.74, 6) is -0.242. The number of fused-ring (bicyclic) bond motifs is 2. The molecule has 0 aliphatic rings. The molecule has 5 aromatic rings. The van der Waals surface area contributed by atoms with Crippen molar-refractivity contribution < 1.29 is 4.79 Å². The summed E-state index contributed by atoms with van der Waals surface area (Å²) < 4.78 is 3.70. The Morgan fingerprint density at radius 2 is 2.03 bits per heavy atom. The van der Waals surface area contributed by atoms with Gasteiger partial charge in [0, 0.05) is 29.0 Å². The van der Waals surface area contributed by atoms with Crippen molar-refractivity contribution in [1.29, 1.82) is 0 Å². The first-order valence-electron chi connectivity index (χ1n) is 9.38. The second-order valence-corrected chi connectivity index (χ2v) is 7.47. The first-order chi connectivity index (χ1) is 14.5. The van der Waals surface area contributed by atoms with E-state index >= 15 is 0 Å². The van der Waals surface area contributed by atoms with E-state index in [9.17, 15) is 4.79 Å². The van der Waals surface area contributed by atoms with Crippen LogP contribution in [0.25, 0.3) is 16.6 Å². The summed E-state index contributed by atoms with van der Waals surface area (Å²) in [4.78, 5) is 21.9. The van der Waals surface area contributed by atoms with Gasteiger partial charge in [0.05, 0.1) is 40.9 Å². The molecule has 0 aliphatic heterocycles. The van der Waals surface area contributed by atoms with Crippen LogP contribution in [-0.4, -0.2) is 30.1 Å². The minimum atomic E-state index is -0.242. The molecule has 5 rings (SSSR count). The van der Waals surface area contributed by atoms with Gasteiger partial charge in [0.2, 0.25) is 0 Å². The molecular weight excluding hydrogens is 400 g/mol. The monoisotopic (exact) mass is 416 g/mol. The first-order valence-corrected chi connectivity index (χ1v) is 9.76.